The zero-order valence-electron chi connectivity index (χ0n) is 15.0. The van der Waals surface area contributed by atoms with Crippen LogP contribution in [0.5, 0.6) is 0 Å². The van der Waals surface area contributed by atoms with Gasteiger partial charge in [-0.1, -0.05) is 24.3 Å². The van der Waals surface area contributed by atoms with E-state index in [4.69, 9.17) is 5.14 Å². The van der Waals surface area contributed by atoms with E-state index in [0.717, 1.165) is 24.0 Å². The number of rotatable bonds is 7. The first-order valence-corrected chi connectivity index (χ1v) is 10.3. The molecule has 0 heterocycles. The van der Waals surface area contributed by atoms with E-state index < -0.39 is 14.9 Å². The van der Waals surface area contributed by atoms with E-state index in [0.29, 0.717) is 25.1 Å². The normalized spacial score (nSPS) is 14.5. The van der Waals surface area contributed by atoms with Crippen LogP contribution in [-0.2, 0) is 23.1 Å². The summed E-state index contributed by atoms with van der Waals surface area (Å²) in [6.45, 7) is 0.841. The Balaban J connectivity index is 1.63. The Kier molecular flexibility index (Phi) is 5.90. The third kappa shape index (κ3) is 5.76. The summed E-state index contributed by atoms with van der Waals surface area (Å²) in [6.07, 6.45) is 2.17. The number of aliphatic imine (C=N–C) groups is 1. The molecule has 0 atom stereocenters. The zero-order valence-corrected chi connectivity index (χ0v) is 15.9. The Hall–Kier alpha value is -2.98. The van der Waals surface area contributed by atoms with Gasteiger partial charge in [-0.25, -0.2) is 18.5 Å². The van der Waals surface area contributed by atoms with Crippen molar-refractivity contribution in [2.24, 2.45) is 10.1 Å². The molecule has 4 N–H and O–H groups in total. The number of guanidine groups is 1. The van der Waals surface area contributed by atoms with Crippen LogP contribution in [0.4, 0.5) is 5.69 Å². The van der Waals surface area contributed by atoms with Crippen molar-refractivity contribution in [1.29, 1.82) is 0 Å². The van der Waals surface area contributed by atoms with Crippen molar-refractivity contribution in [1.82, 2.24) is 10.6 Å². The van der Waals surface area contributed by atoms with E-state index in [1.54, 1.807) is 24.3 Å². The molecule has 1 fully saturated rings. The lowest BCUT2D eigenvalue weighted by Gasteiger charge is -2.12. The highest BCUT2D eigenvalue weighted by molar-refractivity contribution is 7.89. The molecule has 1 aliphatic rings. The summed E-state index contributed by atoms with van der Waals surface area (Å²) in [5, 5.41) is 22.3. The second-order valence-electron chi connectivity index (χ2n) is 6.55. The predicted molar refractivity (Wildman–Crippen MR) is 105 cm³/mol. The molecular formula is C18H21N5O4S. The van der Waals surface area contributed by atoms with Gasteiger partial charge < -0.3 is 10.6 Å². The minimum atomic E-state index is -3.71. The molecule has 1 aliphatic carbocycles. The van der Waals surface area contributed by atoms with Crippen LogP contribution in [0.1, 0.15) is 24.0 Å². The van der Waals surface area contributed by atoms with E-state index in [2.05, 4.69) is 15.6 Å². The number of nitrogens with one attached hydrogen (secondary N) is 2. The minimum Gasteiger partial charge on any atom is -0.354 e. The van der Waals surface area contributed by atoms with Crippen molar-refractivity contribution in [2.45, 2.75) is 36.9 Å². The van der Waals surface area contributed by atoms with Crippen molar-refractivity contribution in [2.75, 3.05) is 0 Å². The van der Waals surface area contributed by atoms with Gasteiger partial charge in [0.1, 0.15) is 0 Å². The number of non-ortho nitro benzene ring substituents is 1. The number of nitrogens with zero attached hydrogens (tertiary/aromatic N) is 2. The molecule has 2 aromatic rings. The molecule has 1 saturated carbocycles. The quantitative estimate of drug-likeness (QED) is 0.278. The molecule has 0 aromatic heterocycles. The summed E-state index contributed by atoms with van der Waals surface area (Å²) < 4.78 is 22.6. The zero-order chi connectivity index (χ0) is 20.1. The van der Waals surface area contributed by atoms with Crippen molar-refractivity contribution < 1.29 is 13.3 Å². The Morgan fingerprint density at radius 2 is 1.71 bits per heavy atom. The van der Waals surface area contributed by atoms with Crippen molar-refractivity contribution in [3.05, 3.63) is 69.8 Å². The maximum absolute atomic E-state index is 11.3. The molecule has 3 rings (SSSR count). The number of nitro benzene ring substituents is 1. The van der Waals surface area contributed by atoms with Crippen LogP contribution in [0.25, 0.3) is 0 Å². The molecular weight excluding hydrogens is 382 g/mol. The van der Waals surface area contributed by atoms with Gasteiger partial charge in [0.15, 0.2) is 5.96 Å². The number of nitro groups is 1. The number of hydrogen-bond acceptors (Lipinski definition) is 5. The van der Waals surface area contributed by atoms with Gasteiger partial charge in [-0.2, -0.15) is 0 Å². The highest BCUT2D eigenvalue weighted by atomic mass is 32.2. The molecule has 9 nitrogen and oxygen atoms in total. The highest BCUT2D eigenvalue weighted by Crippen LogP contribution is 2.18. The lowest BCUT2D eigenvalue weighted by molar-refractivity contribution is -0.384. The molecule has 10 heteroatoms. The molecule has 0 bridgehead atoms. The molecule has 28 heavy (non-hydrogen) atoms. The molecule has 2 aromatic carbocycles. The smallest absolute Gasteiger partial charge is 0.269 e. The molecule has 0 saturated heterocycles. The lowest BCUT2D eigenvalue weighted by atomic mass is 10.2. The molecule has 0 spiro atoms. The van der Waals surface area contributed by atoms with E-state index >= 15 is 0 Å². The van der Waals surface area contributed by atoms with Crippen LogP contribution in [0.15, 0.2) is 58.4 Å². The van der Waals surface area contributed by atoms with Crippen LogP contribution < -0.4 is 15.8 Å². The second kappa shape index (κ2) is 8.36. The molecule has 0 aliphatic heterocycles. The number of benzene rings is 2. The van der Waals surface area contributed by atoms with Gasteiger partial charge in [0.25, 0.3) is 5.69 Å². The predicted octanol–water partition coefficient (Wildman–Crippen LogP) is 1.64. The summed E-state index contributed by atoms with van der Waals surface area (Å²) in [6, 6.07) is 13.0. The Labute approximate surface area is 162 Å². The maximum atomic E-state index is 11.3. The average molecular weight is 403 g/mol. The van der Waals surface area contributed by atoms with E-state index in [1.807, 2.05) is 0 Å². The monoisotopic (exact) mass is 403 g/mol. The van der Waals surface area contributed by atoms with Gasteiger partial charge in [-0.05, 0) is 36.1 Å². The fraction of sp³-hybridized carbons (Fsp3) is 0.278. The minimum absolute atomic E-state index is 0.0525. The van der Waals surface area contributed by atoms with Gasteiger partial charge in [-0.15, -0.1) is 0 Å². The SMILES string of the molecule is NS(=O)(=O)c1ccc(CN=C(NCc2ccc([N+](=O)[O-])cc2)NC2CC2)cc1. The first-order chi connectivity index (χ1) is 13.3. The maximum Gasteiger partial charge on any atom is 0.269 e. The van der Waals surface area contributed by atoms with Crippen molar-refractivity contribution in [3.63, 3.8) is 0 Å². The van der Waals surface area contributed by atoms with E-state index in [9.17, 15) is 18.5 Å². The van der Waals surface area contributed by atoms with E-state index in [1.165, 1.54) is 24.3 Å². The summed E-state index contributed by atoms with van der Waals surface area (Å²) in [5.41, 5.74) is 1.80. The standard InChI is InChI=1S/C18H21N5O4S/c19-28(26,27)17-9-3-14(4-10-17)12-21-18(22-15-5-6-15)20-11-13-1-7-16(8-2-13)23(24)25/h1-4,7-10,15H,5-6,11-12H2,(H2,19,26,27)(H2,20,21,22). The third-order valence-electron chi connectivity index (χ3n) is 4.20. The molecule has 0 radical (unpaired) electrons. The lowest BCUT2D eigenvalue weighted by Crippen LogP contribution is -2.38. The van der Waals surface area contributed by atoms with Gasteiger partial charge in [0.05, 0.1) is 16.4 Å². The van der Waals surface area contributed by atoms with Crippen LogP contribution in [0, 0.1) is 10.1 Å². The third-order valence-corrected chi connectivity index (χ3v) is 5.13. The first kappa shape index (κ1) is 19.8. The van der Waals surface area contributed by atoms with Gasteiger partial charge >= 0.3 is 0 Å². The van der Waals surface area contributed by atoms with Gasteiger partial charge in [0.2, 0.25) is 10.0 Å². The second-order valence-corrected chi connectivity index (χ2v) is 8.11. The Morgan fingerprint density at radius 3 is 2.25 bits per heavy atom. The largest absolute Gasteiger partial charge is 0.354 e. The van der Waals surface area contributed by atoms with Crippen LogP contribution in [0.3, 0.4) is 0 Å². The highest BCUT2D eigenvalue weighted by Gasteiger charge is 2.22. The Bertz CT molecular complexity index is 968. The van der Waals surface area contributed by atoms with Crippen LogP contribution in [0.2, 0.25) is 0 Å². The van der Waals surface area contributed by atoms with Crippen LogP contribution >= 0.6 is 0 Å². The first-order valence-electron chi connectivity index (χ1n) is 8.71. The molecule has 0 unspecified atom stereocenters. The summed E-state index contributed by atoms with van der Waals surface area (Å²) in [5.74, 6) is 0.636. The van der Waals surface area contributed by atoms with Crippen molar-refractivity contribution in [3.8, 4) is 0 Å². The Morgan fingerprint density at radius 1 is 1.11 bits per heavy atom. The summed E-state index contributed by atoms with van der Waals surface area (Å²) >= 11 is 0. The van der Waals surface area contributed by atoms with Crippen LogP contribution in [-0.4, -0.2) is 25.3 Å². The number of sulfonamides is 1. The summed E-state index contributed by atoms with van der Waals surface area (Å²) in [7, 11) is -3.71. The fourth-order valence-corrected chi connectivity index (χ4v) is 2.97. The topological polar surface area (TPSA) is 140 Å². The number of nitrogens with two attached hydrogens (primary N) is 1. The molecule has 0 amide bonds. The van der Waals surface area contributed by atoms with Gasteiger partial charge in [-0.3, -0.25) is 10.1 Å². The average Bonchev–Trinajstić information content (AvgIpc) is 3.48. The van der Waals surface area contributed by atoms with Gasteiger partial charge in [0, 0.05) is 24.7 Å². The molecule has 148 valence electrons. The van der Waals surface area contributed by atoms with E-state index in [-0.39, 0.29) is 10.6 Å². The van der Waals surface area contributed by atoms with Crippen molar-refractivity contribution >= 4 is 21.7 Å². The summed E-state index contributed by atoms with van der Waals surface area (Å²) in [4.78, 5) is 14.9. The number of hydrogen-bond donors (Lipinski definition) is 3. The number of primary sulfonamides is 1. The fourth-order valence-electron chi connectivity index (χ4n) is 2.45.